The highest BCUT2D eigenvalue weighted by Gasteiger charge is 2.57. The normalized spacial score (nSPS) is 24.8. The fraction of sp³-hybridized carbons (Fsp3) is 0.600. The van der Waals surface area contributed by atoms with E-state index in [0.717, 1.165) is 17.2 Å². The Balaban J connectivity index is 1.36. The lowest BCUT2D eigenvalue weighted by Gasteiger charge is -2.38. The Morgan fingerprint density at radius 2 is 1.59 bits per heavy atom. The molecule has 0 aliphatic carbocycles. The van der Waals surface area contributed by atoms with Crippen LogP contribution in [0.1, 0.15) is 68.6 Å². The molecule has 0 saturated carbocycles. The first-order chi connectivity index (χ1) is 21.5. The van der Waals surface area contributed by atoms with Gasteiger partial charge in [-0.1, -0.05) is 18.2 Å². The SMILES string of the molecule is COc1ccc([C@@H]2CN(C(C)(C)C)C[C@@]2(F)C(=O)N2CCC(c3ccc(C(F)(F)F)cc3N3CCC(C(=O)N(C)C)C3)CC2)cc1. The van der Waals surface area contributed by atoms with Gasteiger partial charge in [-0.05, 0) is 81.3 Å². The summed E-state index contributed by atoms with van der Waals surface area (Å²) in [5.41, 5.74) is -1.18. The Bertz CT molecular complexity index is 1420. The highest BCUT2D eigenvalue weighted by molar-refractivity contribution is 5.87. The third-order valence-corrected chi connectivity index (χ3v) is 10.1. The van der Waals surface area contributed by atoms with Crippen LogP contribution in [-0.2, 0) is 15.8 Å². The maximum absolute atomic E-state index is 17.2. The molecule has 0 radical (unpaired) electrons. The number of methoxy groups -OCH3 is 1. The third kappa shape index (κ3) is 6.71. The Morgan fingerprint density at radius 3 is 2.15 bits per heavy atom. The molecule has 3 saturated heterocycles. The zero-order valence-corrected chi connectivity index (χ0v) is 27.7. The molecule has 1 unspecified atom stereocenters. The molecular weight excluding hydrogens is 600 g/mol. The van der Waals surface area contributed by atoms with Crippen LogP contribution in [0, 0.1) is 5.92 Å². The Morgan fingerprint density at radius 1 is 0.935 bits per heavy atom. The first-order valence-electron chi connectivity index (χ1n) is 16.1. The molecule has 3 aliphatic rings. The molecule has 0 N–H and O–H groups in total. The van der Waals surface area contributed by atoms with Crippen molar-refractivity contribution < 1.29 is 31.9 Å². The molecule has 0 aromatic heterocycles. The second-order valence-electron chi connectivity index (χ2n) is 14.2. The maximum Gasteiger partial charge on any atom is 0.416 e. The van der Waals surface area contributed by atoms with Crippen LogP contribution >= 0.6 is 0 Å². The Labute approximate surface area is 269 Å². The predicted octanol–water partition coefficient (Wildman–Crippen LogP) is 5.94. The molecule has 0 spiro atoms. The molecule has 2 amide bonds. The first kappa shape index (κ1) is 34.0. The summed E-state index contributed by atoms with van der Waals surface area (Å²) in [6.45, 7) is 7.88. The summed E-state index contributed by atoms with van der Waals surface area (Å²) in [6, 6.07) is 11.1. The number of amides is 2. The lowest BCUT2D eigenvalue weighted by atomic mass is 9.83. The van der Waals surface area contributed by atoms with Gasteiger partial charge >= 0.3 is 6.18 Å². The molecule has 3 fully saturated rings. The topological polar surface area (TPSA) is 56.3 Å². The average Bonchev–Trinajstić information content (AvgIpc) is 3.65. The van der Waals surface area contributed by atoms with Gasteiger partial charge in [0.2, 0.25) is 11.6 Å². The number of halogens is 4. The predicted molar refractivity (Wildman–Crippen MR) is 170 cm³/mol. The highest BCUT2D eigenvalue weighted by Crippen LogP contribution is 2.45. The molecule has 0 bridgehead atoms. The quantitative estimate of drug-likeness (QED) is 0.364. The molecule has 3 aliphatic heterocycles. The van der Waals surface area contributed by atoms with Crippen molar-refractivity contribution in [2.75, 3.05) is 65.4 Å². The van der Waals surface area contributed by atoms with E-state index in [1.807, 2.05) is 42.7 Å². The standard InChI is InChI=1S/C35H46F4N4O3/c1-33(2,3)43-21-29(24-7-10-27(46-6)11-8-24)34(36,22-43)32(45)41-16-13-23(14-17-41)28-12-9-26(35(37,38)39)19-30(28)42-18-15-25(20-42)31(44)40(4)5/h7-12,19,23,25,29H,13-18,20-22H2,1-6H3/t25?,29-,34-/m0/s1. The van der Waals surface area contributed by atoms with E-state index in [2.05, 4.69) is 0 Å². The van der Waals surface area contributed by atoms with Crippen LogP contribution in [0.25, 0.3) is 0 Å². The van der Waals surface area contributed by atoms with Crippen molar-refractivity contribution in [1.82, 2.24) is 14.7 Å². The summed E-state index contributed by atoms with van der Waals surface area (Å²) in [5.74, 6) is -0.951. The number of piperidine rings is 1. The van der Waals surface area contributed by atoms with Gasteiger partial charge in [0.1, 0.15) is 5.75 Å². The summed E-state index contributed by atoms with van der Waals surface area (Å²) < 4.78 is 63.8. The number of hydrogen-bond acceptors (Lipinski definition) is 5. The van der Waals surface area contributed by atoms with Crippen LogP contribution in [0.5, 0.6) is 5.75 Å². The molecule has 252 valence electrons. The fourth-order valence-corrected chi connectivity index (χ4v) is 7.29. The van der Waals surface area contributed by atoms with Crippen molar-refractivity contribution >= 4 is 17.5 Å². The van der Waals surface area contributed by atoms with E-state index < -0.39 is 29.2 Å². The average molecular weight is 647 g/mol. The molecule has 3 atom stereocenters. The van der Waals surface area contributed by atoms with Gasteiger partial charge in [-0.25, -0.2) is 4.39 Å². The van der Waals surface area contributed by atoms with Gasteiger partial charge in [0.05, 0.1) is 18.6 Å². The highest BCUT2D eigenvalue weighted by atomic mass is 19.4. The summed E-state index contributed by atoms with van der Waals surface area (Å²) in [5, 5.41) is 0. The molecule has 5 rings (SSSR count). The van der Waals surface area contributed by atoms with Gasteiger partial charge in [0.25, 0.3) is 5.91 Å². The second-order valence-corrected chi connectivity index (χ2v) is 14.2. The van der Waals surface area contributed by atoms with Crippen LogP contribution in [0.2, 0.25) is 0 Å². The molecule has 46 heavy (non-hydrogen) atoms. The van der Waals surface area contributed by atoms with Gasteiger partial charge < -0.3 is 19.4 Å². The van der Waals surface area contributed by atoms with Crippen LogP contribution in [0.15, 0.2) is 42.5 Å². The molecule has 11 heteroatoms. The van der Waals surface area contributed by atoms with Crippen LogP contribution in [0.3, 0.4) is 0 Å². The van der Waals surface area contributed by atoms with Gasteiger partial charge in [0.15, 0.2) is 0 Å². The molecule has 3 heterocycles. The fourth-order valence-electron chi connectivity index (χ4n) is 7.29. The number of likely N-dealkylation sites (tertiary alicyclic amines) is 2. The van der Waals surface area contributed by atoms with E-state index in [4.69, 9.17) is 4.74 Å². The molecular formula is C35H46F4N4O3. The number of nitrogens with zero attached hydrogens (tertiary/aromatic N) is 4. The summed E-state index contributed by atoms with van der Waals surface area (Å²) in [7, 11) is 4.94. The van der Waals surface area contributed by atoms with E-state index in [-0.39, 0.29) is 29.8 Å². The first-order valence-corrected chi connectivity index (χ1v) is 16.1. The largest absolute Gasteiger partial charge is 0.497 e. The van der Waals surface area contributed by atoms with E-state index in [1.54, 1.807) is 44.3 Å². The van der Waals surface area contributed by atoms with E-state index in [0.29, 0.717) is 63.4 Å². The maximum atomic E-state index is 17.2. The molecule has 2 aromatic carbocycles. The van der Waals surface area contributed by atoms with Crippen LogP contribution in [0.4, 0.5) is 23.2 Å². The van der Waals surface area contributed by atoms with Crippen molar-refractivity contribution in [3.63, 3.8) is 0 Å². The lowest BCUT2D eigenvalue weighted by molar-refractivity contribution is -0.145. The number of benzene rings is 2. The van der Waals surface area contributed by atoms with Gasteiger partial charge in [-0.3, -0.25) is 14.5 Å². The number of anilines is 1. The smallest absolute Gasteiger partial charge is 0.416 e. The van der Waals surface area contributed by atoms with Crippen molar-refractivity contribution in [3.05, 3.63) is 59.2 Å². The second kappa shape index (κ2) is 12.7. The summed E-state index contributed by atoms with van der Waals surface area (Å²) in [4.78, 5) is 33.7. The number of rotatable bonds is 6. The summed E-state index contributed by atoms with van der Waals surface area (Å²) >= 11 is 0. The minimum Gasteiger partial charge on any atom is -0.497 e. The lowest BCUT2D eigenvalue weighted by Crippen LogP contribution is -2.53. The Hall–Kier alpha value is -3.34. The Kier molecular flexibility index (Phi) is 9.38. The van der Waals surface area contributed by atoms with Crippen molar-refractivity contribution in [1.29, 1.82) is 0 Å². The van der Waals surface area contributed by atoms with Crippen molar-refractivity contribution in [3.8, 4) is 5.75 Å². The van der Waals surface area contributed by atoms with E-state index >= 15 is 4.39 Å². The van der Waals surface area contributed by atoms with Crippen LogP contribution in [-0.4, -0.2) is 98.2 Å². The van der Waals surface area contributed by atoms with E-state index in [1.165, 1.54) is 11.0 Å². The summed E-state index contributed by atoms with van der Waals surface area (Å²) in [6.07, 6.45) is -2.92. The zero-order valence-electron chi connectivity index (χ0n) is 27.7. The number of ether oxygens (including phenoxy) is 1. The van der Waals surface area contributed by atoms with E-state index in [9.17, 15) is 22.8 Å². The molecule has 7 nitrogen and oxygen atoms in total. The number of hydrogen-bond donors (Lipinski definition) is 0. The number of alkyl halides is 4. The zero-order chi connectivity index (χ0) is 33.6. The van der Waals surface area contributed by atoms with Crippen molar-refractivity contribution in [2.24, 2.45) is 5.92 Å². The van der Waals surface area contributed by atoms with Gasteiger partial charge in [-0.2, -0.15) is 13.2 Å². The minimum absolute atomic E-state index is 0.0171. The van der Waals surface area contributed by atoms with Gasteiger partial charge in [-0.15, -0.1) is 0 Å². The van der Waals surface area contributed by atoms with Gasteiger partial charge in [0, 0.05) is 70.5 Å². The molecule has 2 aromatic rings. The third-order valence-electron chi connectivity index (χ3n) is 10.1. The van der Waals surface area contributed by atoms with Crippen LogP contribution < -0.4 is 9.64 Å². The monoisotopic (exact) mass is 646 g/mol. The van der Waals surface area contributed by atoms with Crippen molar-refractivity contribution in [2.45, 2.75) is 69.3 Å². The number of carbonyl (C=O) groups is 2. The number of carbonyl (C=O) groups excluding carboxylic acids is 2. The minimum atomic E-state index is -4.50.